The molecule has 0 radical (unpaired) electrons. The van der Waals surface area contributed by atoms with Gasteiger partial charge in [0.05, 0.1) is 5.69 Å². The van der Waals surface area contributed by atoms with Crippen LogP contribution in [-0.2, 0) is 0 Å². The monoisotopic (exact) mass is 245 g/mol. The van der Waals surface area contributed by atoms with Crippen LogP contribution in [0.1, 0.15) is 30.5 Å². The Morgan fingerprint density at radius 2 is 2.00 bits per heavy atom. The van der Waals surface area contributed by atoms with E-state index in [1.807, 2.05) is 19.1 Å². The number of imidazole rings is 1. The molecule has 0 spiro atoms. The fraction of sp³-hybridized carbons (Fsp3) is 0.357. The average molecular weight is 245 g/mol. The molecule has 0 aliphatic carbocycles. The minimum absolute atomic E-state index is 0.102. The lowest BCUT2D eigenvalue weighted by Gasteiger charge is -2.11. The summed E-state index contributed by atoms with van der Waals surface area (Å²) in [6.07, 6.45) is 2.69. The topological polar surface area (TPSA) is 63.8 Å². The Hall–Kier alpha value is -1.81. The van der Waals surface area contributed by atoms with E-state index in [0.717, 1.165) is 17.8 Å². The SMILES string of the molecule is Cc1c[nH]c(=O)n1-c1ccc(C(C)CCN)cc1. The van der Waals surface area contributed by atoms with Gasteiger partial charge in [0.1, 0.15) is 0 Å². The molecule has 0 aliphatic heterocycles. The van der Waals surface area contributed by atoms with E-state index >= 15 is 0 Å². The van der Waals surface area contributed by atoms with Crippen LogP contribution >= 0.6 is 0 Å². The molecule has 3 N–H and O–H groups in total. The van der Waals surface area contributed by atoms with Crippen molar-refractivity contribution < 1.29 is 0 Å². The van der Waals surface area contributed by atoms with Crippen molar-refractivity contribution in [2.45, 2.75) is 26.2 Å². The Labute approximate surface area is 106 Å². The van der Waals surface area contributed by atoms with Crippen molar-refractivity contribution in [3.05, 3.63) is 52.2 Å². The van der Waals surface area contributed by atoms with Crippen molar-refractivity contribution in [2.75, 3.05) is 6.54 Å². The molecule has 1 aromatic carbocycles. The molecule has 0 saturated carbocycles. The molecule has 0 bridgehead atoms. The fourth-order valence-corrected chi connectivity index (χ4v) is 2.14. The van der Waals surface area contributed by atoms with Crippen molar-refractivity contribution >= 4 is 0 Å². The predicted molar refractivity (Wildman–Crippen MR) is 73.2 cm³/mol. The number of nitrogens with one attached hydrogen (secondary N) is 1. The number of H-pyrrole nitrogens is 1. The van der Waals surface area contributed by atoms with Gasteiger partial charge in [-0.15, -0.1) is 0 Å². The zero-order valence-corrected chi connectivity index (χ0v) is 10.8. The van der Waals surface area contributed by atoms with E-state index in [2.05, 4.69) is 24.0 Å². The molecule has 18 heavy (non-hydrogen) atoms. The number of benzene rings is 1. The Balaban J connectivity index is 2.31. The highest BCUT2D eigenvalue weighted by Crippen LogP contribution is 2.19. The summed E-state index contributed by atoms with van der Waals surface area (Å²) in [7, 11) is 0. The second-order valence-corrected chi connectivity index (χ2v) is 4.64. The Morgan fingerprint density at radius 1 is 1.33 bits per heavy atom. The van der Waals surface area contributed by atoms with Gasteiger partial charge >= 0.3 is 5.69 Å². The number of nitrogens with zero attached hydrogens (tertiary/aromatic N) is 1. The lowest BCUT2D eigenvalue weighted by molar-refractivity contribution is 0.690. The van der Waals surface area contributed by atoms with Crippen LogP contribution < -0.4 is 11.4 Å². The fourth-order valence-electron chi connectivity index (χ4n) is 2.14. The molecule has 0 saturated heterocycles. The van der Waals surface area contributed by atoms with Gasteiger partial charge in [-0.3, -0.25) is 4.57 Å². The zero-order chi connectivity index (χ0) is 13.1. The van der Waals surface area contributed by atoms with Crippen molar-refractivity contribution in [3.63, 3.8) is 0 Å². The number of aryl methyl sites for hydroxylation is 1. The first kappa shape index (κ1) is 12.6. The smallest absolute Gasteiger partial charge is 0.330 e. The normalized spacial score (nSPS) is 12.6. The third-order valence-electron chi connectivity index (χ3n) is 3.28. The maximum absolute atomic E-state index is 11.7. The highest BCUT2D eigenvalue weighted by molar-refractivity contribution is 5.37. The summed E-state index contributed by atoms with van der Waals surface area (Å²) in [6, 6.07) is 8.08. The zero-order valence-electron chi connectivity index (χ0n) is 10.8. The van der Waals surface area contributed by atoms with Crippen LogP contribution in [0.4, 0.5) is 0 Å². The first-order chi connectivity index (χ1) is 8.63. The van der Waals surface area contributed by atoms with Gasteiger partial charge in [-0.1, -0.05) is 19.1 Å². The van der Waals surface area contributed by atoms with Gasteiger partial charge in [-0.05, 0) is 43.5 Å². The van der Waals surface area contributed by atoms with E-state index in [0.29, 0.717) is 12.5 Å². The molecule has 4 nitrogen and oxygen atoms in total. The minimum atomic E-state index is -0.102. The van der Waals surface area contributed by atoms with E-state index in [1.165, 1.54) is 5.56 Å². The molecule has 2 rings (SSSR count). The van der Waals surface area contributed by atoms with Crippen molar-refractivity contribution in [1.29, 1.82) is 0 Å². The molecule has 0 aliphatic rings. The van der Waals surface area contributed by atoms with E-state index in [4.69, 9.17) is 5.73 Å². The van der Waals surface area contributed by atoms with Crippen LogP contribution in [-0.4, -0.2) is 16.1 Å². The number of nitrogens with two attached hydrogens (primary N) is 1. The van der Waals surface area contributed by atoms with Gasteiger partial charge < -0.3 is 10.7 Å². The van der Waals surface area contributed by atoms with Gasteiger partial charge in [0.2, 0.25) is 0 Å². The number of aromatic nitrogens is 2. The molecule has 1 unspecified atom stereocenters. The van der Waals surface area contributed by atoms with Crippen molar-refractivity contribution in [2.24, 2.45) is 5.73 Å². The van der Waals surface area contributed by atoms with Gasteiger partial charge in [-0.25, -0.2) is 4.79 Å². The molecule has 1 heterocycles. The predicted octanol–water partition coefficient (Wildman–Crippen LogP) is 1.93. The largest absolute Gasteiger partial charge is 0.330 e. The summed E-state index contributed by atoms with van der Waals surface area (Å²) in [4.78, 5) is 14.3. The van der Waals surface area contributed by atoms with Crippen molar-refractivity contribution in [3.8, 4) is 5.69 Å². The second-order valence-electron chi connectivity index (χ2n) is 4.64. The van der Waals surface area contributed by atoms with E-state index in [1.54, 1.807) is 10.8 Å². The minimum Gasteiger partial charge on any atom is -0.330 e. The molecular formula is C14H19N3O. The van der Waals surface area contributed by atoms with E-state index in [-0.39, 0.29) is 5.69 Å². The maximum Gasteiger partial charge on any atom is 0.330 e. The molecule has 1 atom stereocenters. The lowest BCUT2D eigenvalue weighted by Crippen LogP contribution is -2.15. The van der Waals surface area contributed by atoms with Gasteiger partial charge in [0.25, 0.3) is 0 Å². The van der Waals surface area contributed by atoms with E-state index in [9.17, 15) is 4.79 Å². The summed E-state index contributed by atoms with van der Waals surface area (Å²) in [5.41, 5.74) is 8.51. The van der Waals surface area contributed by atoms with E-state index < -0.39 is 0 Å². The summed E-state index contributed by atoms with van der Waals surface area (Å²) in [6.45, 7) is 4.76. The highest BCUT2D eigenvalue weighted by atomic mass is 16.1. The summed E-state index contributed by atoms with van der Waals surface area (Å²) in [5.74, 6) is 0.452. The van der Waals surface area contributed by atoms with Crippen LogP contribution in [0.15, 0.2) is 35.3 Å². The Kier molecular flexibility index (Phi) is 3.67. The van der Waals surface area contributed by atoms with Crippen LogP contribution in [0.25, 0.3) is 5.69 Å². The Bertz CT molecular complexity index is 565. The van der Waals surface area contributed by atoms with Crippen LogP contribution in [0.5, 0.6) is 0 Å². The van der Waals surface area contributed by atoms with Gasteiger partial charge in [0.15, 0.2) is 0 Å². The molecule has 1 aromatic heterocycles. The first-order valence-electron chi connectivity index (χ1n) is 6.21. The number of aromatic amines is 1. The average Bonchev–Trinajstić information content (AvgIpc) is 2.70. The van der Waals surface area contributed by atoms with Gasteiger partial charge in [0, 0.05) is 11.9 Å². The summed E-state index contributed by atoms with van der Waals surface area (Å²) >= 11 is 0. The second kappa shape index (κ2) is 5.23. The van der Waals surface area contributed by atoms with Gasteiger partial charge in [-0.2, -0.15) is 0 Å². The number of hydrogen-bond donors (Lipinski definition) is 2. The molecule has 2 aromatic rings. The maximum atomic E-state index is 11.7. The molecule has 96 valence electrons. The quantitative estimate of drug-likeness (QED) is 0.864. The molecule has 0 amide bonds. The molecule has 4 heteroatoms. The van der Waals surface area contributed by atoms with Crippen LogP contribution in [0, 0.1) is 6.92 Å². The highest BCUT2D eigenvalue weighted by Gasteiger charge is 2.07. The lowest BCUT2D eigenvalue weighted by atomic mass is 9.98. The summed E-state index contributed by atoms with van der Waals surface area (Å²) in [5, 5.41) is 0. The third-order valence-corrected chi connectivity index (χ3v) is 3.28. The van der Waals surface area contributed by atoms with Crippen LogP contribution in [0.2, 0.25) is 0 Å². The standard InChI is InChI=1S/C14H19N3O/c1-10(7-8-15)12-3-5-13(6-4-12)17-11(2)9-16-14(17)18/h3-6,9-10H,7-8,15H2,1-2H3,(H,16,18). The number of rotatable bonds is 4. The third kappa shape index (κ3) is 2.38. The van der Waals surface area contributed by atoms with Crippen LogP contribution in [0.3, 0.4) is 0 Å². The van der Waals surface area contributed by atoms with Crippen molar-refractivity contribution in [1.82, 2.24) is 9.55 Å². The Morgan fingerprint density at radius 3 is 2.50 bits per heavy atom. The molecule has 0 fully saturated rings. The number of hydrogen-bond acceptors (Lipinski definition) is 2. The molecular weight excluding hydrogens is 226 g/mol. The first-order valence-corrected chi connectivity index (χ1v) is 6.21. The summed E-state index contributed by atoms with van der Waals surface area (Å²) < 4.78 is 1.66.